The second kappa shape index (κ2) is 10.1. The maximum Gasteiger partial charge on any atom is 0.350 e. The van der Waals surface area contributed by atoms with E-state index in [1.54, 1.807) is 17.8 Å². The second-order valence-corrected chi connectivity index (χ2v) is 9.15. The minimum absolute atomic E-state index is 0.0186. The van der Waals surface area contributed by atoms with Crippen molar-refractivity contribution in [1.82, 2.24) is 24.5 Å². The van der Waals surface area contributed by atoms with Crippen LogP contribution in [-0.2, 0) is 11.3 Å². The van der Waals surface area contributed by atoms with Crippen molar-refractivity contribution in [3.05, 3.63) is 44.8 Å². The van der Waals surface area contributed by atoms with E-state index in [9.17, 15) is 28.5 Å². The van der Waals surface area contributed by atoms with Gasteiger partial charge in [0.1, 0.15) is 27.6 Å². The largest absolute Gasteiger partial charge is 0.475 e. The Bertz CT molecular complexity index is 1580. The highest BCUT2D eigenvalue weighted by Crippen LogP contribution is 2.43. The number of pyridine rings is 1. The standard InChI is InChI=1S/C22H22F2N8O5S/c1-5-30-7-12(9(2)28-30)11-6-13(18(23)24)26-22-15(11)16(17(38-22)19(25)33)27-20(34)10(3)31-8-14(32(35)36)21(29-31)37-4/h6-8,10,18H,5H2,1-4H3,(H2,25,33)(H,27,34). The van der Waals surface area contributed by atoms with Crippen molar-refractivity contribution >= 4 is 44.7 Å². The fourth-order valence-corrected chi connectivity index (χ4v) is 4.88. The Kier molecular flexibility index (Phi) is 7.08. The molecule has 4 aromatic rings. The van der Waals surface area contributed by atoms with Crippen LogP contribution in [0.2, 0.25) is 0 Å². The zero-order valence-corrected chi connectivity index (χ0v) is 21.4. The number of halogens is 2. The van der Waals surface area contributed by atoms with Gasteiger partial charge < -0.3 is 15.8 Å². The molecule has 0 aromatic carbocycles. The van der Waals surface area contributed by atoms with E-state index in [4.69, 9.17) is 10.5 Å². The highest BCUT2D eigenvalue weighted by molar-refractivity contribution is 7.21. The smallest absolute Gasteiger partial charge is 0.350 e. The van der Waals surface area contributed by atoms with Gasteiger partial charge in [-0.15, -0.1) is 16.4 Å². The van der Waals surface area contributed by atoms with E-state index in [0.717, 1.165) is 22.2 Å². The molecule has 4 rings (SSSR count). The normalized spacial score (nSPS) is 12.2. The van der Waals surface area contributed by atoms with Gasteiger partial charge in [0.25, 0.3) is 12.3 Å². The maximum absolute atomic E-state index is 13.7. The number of nitrogens with two attached hydrogens (primary N) is 1. The summed E-state index contributed by atoms with van der Waals surface area (Å²) in [6.45, 7) is 5.51. The van der Waals surface area contributed by atoms with Crippen LogP contribution in [0.3, 0.4) is 0 Å². The Hall–Kier alpha value is -4.47. The van der Waals surface area contributed by atoms with Gasteiger partial charge >= 0.3 is 11.6 Å². The van der Waals surface area contributed by atoms with E-state index >= 15 is 0 Å². The van der Waals surface area contributed by atoms with E-state index in [1.165, 1.54) is 20.1 Å². The van der Waals surface area contributed by atoms with E-state index in [-0.39, 0.29) is 32.2 Å². The van der Waals surface area contributed by atoms with Gasteiger partial charge in [-0.05, 0) is 32.4 Å². The number of aromatic nitrogens is 5. The fourth-order valence-electron chi connectivity index (χ4n) is 3.86. The van der Waals surface area contributed by atoms with Crippen molar-refractivity contribution in [3.8, 4) is 17.0 Å². The molecule has 0 bridgehead atoms. The molecule has 4 aromatic heterocycles. The molecule has 200 valence electrons. The first kappa shape index (κ1) is 26.6. The number of nitro groups is 1. The molecule has 0 saturated carbocycles. The molecule has 2 amide bonds. The predicted octanol–water partition coefficient (Wildman–Crippen LogP) is 3.84. The van der Waals surface area contributed by atoms with Crippen LogP contribution in [-0.4, -0.2) is 48.4 Å². The number of primary amides is 1. The Morgan fingerprint density at radius 3 is 2.53 bits per heavy atom. The minimum atomic E-state index is -2.90. The average Bonchev–Trinajstić information content (AvgIpc) is 3.57. The molecule has 0 spiro atoms. The third-order valence-corrected chi connectivity index (χ3v) is 6.88. The summed E-state index contributed by atoms with van der Waals surface area (Å²) in [7, 11) is 1.20. The summed E-state index contributed by atoms with van der Waals surface area (Å²) in [5, 5.41) is 22.4. The first-order chi connectivity index (χ1) is 18.0. The number of alkyl halides is 2. The van der Waals surface area contributed by atoms with Crippen LogP contribution in [0.4, 0.5) is 20.2 Å². The van der Waals surface area contributed by atoms with Gasteiger partial charge in [0.2, 0.25) is 5.91 Å². The van der Waals surface area contributed by atoms with Gasteiger partial charge in [-0.25, -0.2) is 18.4 Å². The van der Waals surface area contributed by atoms with Crippen molar-refractivity contribution in [2.45, 2.75) is 39.8 Å². The predicted molar refractivity (Wildman–Crippen MR) is 134 cm³/mol. The number of fused-ring (bicyclic) bond motifs is 1. The van der Waals surface area contributed by atoms with Crippen molar-refractivity contribution in [3.63, 3.8) is 0 Å². The van der Waals surface area contributed by atoms with Crippen molar-refractivity contribution < 1.29 is 28.0 Å². The quantitative estimate of drug-likeness (QED) is 0.234. The lowest BCUT2D eigenvalue weighted by Gasteiger charge is -2.14. The molecular weight excluding hydrogens is 526 g/mol. The monoisotopic (exact) mass is 548 g/mol. The lowest BCUT2D eigenvalue weighted by atomic mass is 10.0. The fraction of sp³-hybridized carbons (Fsp3) is 0.318. The molecule has 0 saturated heterocycles. The van der Waals surface area contributed by atoms with Crippen LogP contribution < -0.4 is 15.8 Å². The summed E-state index contributed by atoms with van der Waals surface area (Å²) in [5.41, 5.74) is 5.92. The number of nitrogens with zero attached hydrogens (tertiary/aromatic N) is 6. The van der Waals surface area contributed by atoms with Crippen LogP contribution in [0, 0.1) is 17.0 Å². The number of amides is 2. The summed E-state index contributed by atoms with van der Waals surface area (Å²) < 4.78 is 35.1. The van der Waals surface area contributed by atoms with Crippen molar-refractivity contribution in [2.75, 3.05) is 12.4 Å². The molecule has 16 heteroatoms. The van der Waals surface area contributed by atoms with Crippen molar-refractivity contribution in [1.29, 1.82) is 0 Å². The number of methoxy groups -OCH3 is 1. The van der Waals surface area contributed by atoms with Crippen LogP contribution in [0.5, 0.6) is 5.88 Å². The van der Waals surface area contributed by atoms with Crippen LogP contribution >= 0.6 is 11.3 Å². The Balaban J connectivity index is 1.88. The zero-order chi connectivity index (χ0) is 27.9. The number of rotatable bonds is 9. The molecule has 3 N–H and O–H groups in total. The number of carbonyl (C=O) groups excluding carboxylic acids is 2. The maximum atomic E-state index is 13.7. The number of aryl methyl sites for hydroxylation is 2. The van der Waals surface area contributed by atoms with Gasteiger partial charge in [0.15, 0.2) is 0 Å². The van der Waals surface area contributed by atoms with Gasteiger partial charge in [-0.2, -0.15) is 5.10 Å². The van der Waals surface area contributed by atoms with Crippen LogP contribution in [0.1, 0.15) is 47.4 Å². The summed E-state index contributed by atoms with van der Waals surface area (Å²) >= 11 is 0.762. The highest BCUT2D eigenvalue weighted by Gasteiger charge is 2.29. The van der Waals surface area contributed by atoms with Gasteiger partial charge in [0, 0.05) is 23.7 Å². The number of anilines is 1. The summed E-state index contributed by atoms with van der Waals surface area (Å²) in [4.78, 5) is 40.1. The number of ether oxygens (including phenoxy) is 1. The molecule has 0 aliphatic rings. The summed E-state index contributed by atoms with van der Waals surface area (Å²) in [5.74, 6) is -1.90. The topological polar surface area (TPSA) is 173 Å². The molecule has 0 radical (unpaired) electrons. The number of hydrogen-bond acceptors (Lipinski definition) is 9. The molecule has 0 aliphatic heterocycles. The second-order valence-electron chi connectivity index (χ2n) is 8.16. The molecule has 1 atom stereocenters. The number of hydrogen-bond donors (Lipinski definition) is 2. The van der Waals surface area contributed by atoms with E-state index in [2.05, 4.69) is 20.5 Å². The number of thiophene rings is 1. The SMILES string of the molecule is CCn1cc(-c2cc(C(F)F)nc3sc(C(N)=O)c(NC(=O)C(C)n4cc([N+](=O)[O-])c(OC)n4)c23)c(C)n1. The lowest BCUT2D eigenvalue weighted by molar-refractivity contribution is -0.385. The third-order valence-electron chi connectivity index (χ3n) is 5.78. The molecule has 13 nitrogen and oxygen atoms in total. The molecule has 38 heavy (non-hydrogen) atoms. The van der Waals surface area contributed by atoms with Gasteiger partial charge in [-0.1, -0.05) is 0 Å². The summed E-state index contributed by atoms with van der Waals surface area (Å²) in [6.07, 6.45) is -0.194. The van der Waals surface area contributed by atoms with E-state index in [0.29, 0.717) is 17.8 Å². The average molecular weight is 549 g/mol. The number of nitrogens with one attached hydrogen (secondary N) is 1. The first-order valence-corrected chi connectivity index (χ1v) is 12.0. The minimum Gasteiger partial charge on any atom is -0.475 e. The van der Waals surface area contributed by atoms with Gasteiger partial charge in [0.05, 0.1) is 23.4 Å². The highest BCUT2D eigenvalue weighted by atomic mass is 32.1. The molecule has 4 heterocycles. The Labute approximate surface area is 217 Å². The third kappa shape index (κ3) is 4.65. The van der Waals surface area contributed by atoms with Crippen LogP contribution in [0.15, 0.2) is 18.5 Å². The molecule has 0 fully saturated rings. The summed E-state index contributed by atoms with van der Waals surface area (Å²) in [6, 6.07) is 0.0876. The van der Waals surface area contributed by atoms with Crippen LogP contribution in [0.25, 0.3) is 21.3 Å². The Morgan fingerprint density at radius 1 is 1.29 bits per heavy atom. The van der Waals surface area contributed by atoms with E-state index < -0.39 is 40.6 Å². The molecule has 1 unspecified atom stereocenters. The van der Waals surface area contributed by atoms with E-state index in [1.807, 2.05) is 6.92 Å². The van der Waals surface area contributed by atoms with Gasteiger partial charge in [-0.3, -0.25) is 24.4 Å². The Morgan fingerprint density at radius 2 is 2.00 bits per heavy atom. The molecular formula is C22H22F2N8O5S. The molecule has 0 aliphatic carbocycles. The van der Waals surface area contributed by atoms with Crippen molar-refractivity contribution in [2.24, 2.45) is 5.73 Å². The lowest BCUT2D eigenvalue weighted by Crippen LogP contribution is -2.25. The first-order valence-electron chi connectivity index (χ1n) is 11.1. The zero-order valence-electron chi connectivity index (χ0n) is 20.6. The number of carbonyl (C=O) groups is 2.